The van der Waals surface area contributed by atoms with Gasteiger partial charge in [-0.1, -0.05) is 11.6 Å². The smallest absolute Gasteiger partial charge is 0.212 e. The maximum absolute atomic E-state index is 13.0. The first-order valence-electron chi connectivity index (χ1n) is 7.63. The molecule has 0 amide bonds. The molecule has 0 unspecified atom stereocenters. The summed E-state index contributed by atoms with van der Waals surface area (Å²) in [6, 6.07) is 6.45. The summed E-state index contributed by atoms with van der Waals surface area (Å²) in [6.45, 7) is 0. The number of rotatable bonds is 2. The number of nitrogens with zero attached hydrogens (tertiary/aromatic N) is 3. The molecular weight excluding hydrogens is 301 g/mol. The molecule has 114 valence electrons. The topological polar surface area (TPSA) is 29.0 Å². The Hall–Kier alpha value is -1.52. The van der Waals surface area contributed by atoms with Crippen molar-refractivity contribution in [3.05, 3.63) is 47.3 Å². The molecular formula is C17H17ClFN3. The van der Waals surface area contributed by atoms with E-state index in [1.807, 2.05) is 6.20 Å². The van der Waals surface area contributed by atoms with Gasteiger partial charge in [-0.2, -0.15) is 4.39 Å². The van der Waals surface area contributed by atoms with Crippen LogP contribution in [0.5, 0.6) is 0 Å². The van der Waals surface area contributed by atoms with E-state index >= 15 is 0 Å². The van der Waals surface area contributed by atoms with Crippen LogP contribution in [0.25, 0.3) is 11.1 Å². The molecule has 0 N–H and O–H groups in total. The Bertz CT molecular complexity index is 704. The summed E-state index contributed by atoms with van der Waals surface area (Å²) in [7, 11) is 2.22. The fourth-order valence-corrected chi connectivity index (χ4v) is 4.24. The van der Waals surface area contributed by atoms with Crippen molar-refractivity contribution in [3.8, 4) is 11.1 Å². The van der Waals surface area contributed by atoms with Gasteiger partial charge in [0.05, 0.1) is 0 Å². The Kier molecular flexibility index (Phi) is 3.39. The number of likely N-dealkylation sites (N-methyl/N-ethyl adjacent to an activating group) is 1. The van der Waals surface area contributed by atoms with Crippen LogP contribution in [0.2, 0.25) is 5.15 Å². The van der Waals surface area contributed by atoms with Crippen LogP contribution in [0.1, 0.15) is 30.7 Å². The molecule has 2 fully saturated rings. The fourth-order valence-electron chi connectivity index (χ4n) is 4.02. The molecule has 0 saturated carbocycles. The first kappa shape index (κ1) is 14.1. The molecule has 3 atom stereocenters. The monoisotopic (exact) mass is 317 g/mol. The van der Waals surface area contributed by atoms with E-state index in [2.05, 4.69) is 28.0 Å². The quantitative estimate of drug-likeness (QED) is 0.787. The molecule has 2 saturated heterocycles. The van der Waals surface area contributed by atoms with Crippen LogP contribution in [0.15, 0.2) is 30.6 Å². The molecule has 3 nitrogen and oxygen atoms in total. The van der Waals surface area contributed by atoms with E-state index in [0.29, 0.717) is 23.2 Å². The van der Waals surface area contributed by atoms with Gasteiger partial charge >= 0.3 is 0 Å². The Balaban J connectivity index is 1.71. The number of aromatic nitrogens is 2. The van der Waals surface area contributed by atoms with Gasteiger partial charge < -0.3 is 0 Å². The van der Waals surface area contributed by atoms with Crippen molar-refractivity contribution in [3.63, 3.8) is 0 Å². The van der Waals surface area contributed by atoms with Gasteiger partial charge in [0.15, 0.2) is 0 Å². The molecule has 2 aliphatic heterocycles. The van der Waals surface area contributed by atoms with Crippen LogP contribution in [-0.2, 0) is 0 Å². The second-order valence-electron chi connectivity index (χ2n) is 6.28. The molecule has 2 bridgehead atoms. The van der Waals surface area contributed by atoms with Crippen molar-refractivity contribution in [2.24, 2.45) is 0 Å². The molecule has 0 aromatic carbocycles. The van der Waals surface area contributed by atoms with Gasteiger partial charge in [0.25, 0.3) is 0 Å². The lowest BCUT2D eigenvalue weighted by Gasteiger charge is -2.22. The average molecular weight is 318 g/mol. The van der Waals surface area contributed by atoms with Gasteiger partial charge in [0, 0.05) is 41.5 Å². The third-order valence-electron chi connectivity index (χ3n) is 5.21. The van der Waals surface area contributed by atoms with Crippen molar-refractivity contribution in [1.82, 2.24) is 14.9 Å². The molecule has 4 rings (SSSR count). The zero-order valence-electron chi connectivity index (χ0n) is 12.3. The second-order valence-corrected chi connectivity index (χ2v) is 6.64. The minimum atomic E-state index is -0.487. The Morgan fingerprint density at radius 3 is 2.73 bits per heavy atom. The van der Waals surface area contributed by atoms with Gasteiger partial charge in [-0.05, 0) is 50.1 Å². The largest absolute Gasteiger partial charge is 0.300 e. The lowest BCUT2D eigenvalue weighted by Crippen LogP contribution is -2.25. The Morgan fingerprint density at radius 1 is 1.23 bits per heavy atom. The van der Waals surface area contributed by atoms with Crippen molar-refractivity contribution in [2.75, 3.05) is 7.05 Å². The number of hydrogen-bond acceptors (Lipinski definition) is 3. The van der Waals surface area contributed by atoms with Gasteiger partial charge in [-0.3, -0.25) is 4.90 Å². The number of hydrogen-bond donors (Lipinski definition) is 0. The summed E-state index contributed by atoms with van der Waals surface area (Å²) in [4.78, 5) is 10.6. The molecule has 5 heteroatoms. The molecule has 0 radical (unpaired) electrons. The van der Waals surface area contributed by atoms with Crippen molar-refractivity contribution in [2.45, 2.75) is 37.3 Å². The minimum Gasteiger partial charge on any atom is -0.300 e. The van der Waals surface area contributed by atoms with Gasteiger partial charge in [0.2, 0.25) is 5.95 Å². The maximum atomic E-state index is 13.0. The number of pyridine rings is 2. The van der Waals surface area contributed by atoms with E-state index in [1.165, 1.54) is 37.1 Å². The van der Waals surface area contributed by atoms with Crippen LogP contribution >= 0.6 is 11.6 Å². The van der Waals surface area contributed by atoms with Crippen LogP contribution in [0, 0.1) is 5.95 Å². The number of fused-ring (bicyclic) bond motifs is 2. The third kappa shape index (κ3) is 2.22. The maximum Gasteiger partial charge on any atom is 0.212 e. The van der Waals surface area contributed by atoms with Crippen molar-refractivity contribution < 1.29 is 4.39 Å². The van der Waals surface area contributed by atoms with Crippen molar-refractivity contribution >= 4 is 11.6 Å². The average Bonchev–Trinajstić information content (AvgIpc) is 3.04. The highest BCUT2D eigenvalue weighted by Crippen LogP contribution is 2.46. The summed E-state index contributed by atoms with van der Waals surface area (Å²) in [5.41, 5.74) is 2.86. The molecule has 2 aliphatic rings. The SMILES string of the molecule is CN1[C@H]2CC[C@@H]1[C@@H](c1cnc(Cl)c(-c3ccc(F)nc3)c1)C2. The Morgan fingerprint density at radius 2 is 2.09 bits per heavy atom. The second kappa shape index (κ2) is 5.28. The molecule has 0 spiro atoms. The van der Waals surface area contributed by atoms with Gasteiger partial charge in [0.1, 0.15) is 5.15 Å². The highest BCUT2D eigenvalue weighted by Gasteiger charge is 2.44. The normalized spacial score (nSPS) is 27.5. The van der Waals surface area contributed by atoms with Crippen molar-refractivity contribution in [1.29, 1.82) is 0 Å². The Labute approximate surface area is 134 Å². The predicted molar refractivity (Wildman–Crippen MR) is 84.4 cm³/mol. The highest BCUT2D eigenvalue weighted by molar-refractivity contribution is 6.32. The molecule has 2 aromatic heterocycles. The van der Waals surface area contributed by atoms with Crippen LogP contribution in [0.3, 0.4) is 0 Å². The summed E-state index contributed by atoms with van der Waals surface area (Å²) in [5, 5.41) is 0.439. The highest BCUT2D eigenvalue weighted by atomic mass is 35.5. The zero-order valence-corrected chi connectivity index (χ0v) is 13.1. The molecule has 4 heterocycles. The lowest BCUT2D eigenvalue weighted by atomic mass is 9.84. The van der Waals surface area contributed by atoms with Gasteiger partial charge in [-0.25, -0.2) is 9.97 Å². The summed E-state index contributed by atoms with van der Waals surface area (Å²) < 4.78 is 13.0. The summed E-state index contributed by atoms with van der Waals surface area (Å²) in [6.07, 6.45) is 7.14. The van der Waals surface area contributed by atoms with Crippen LogP contribution in [-0.4, -0.2) is 34.0 Å². The lowest BCUT2D eigenvalue weighted by molar-refractivity contribution is 0.307. The predicted octanol–water partition coefficient (Wildman–Crippen LogP) is 3.89. The fraction of sp³-hybridized carbons (Fsp3) is 0.412. The standard InChI is InChI=1S/C17H17ClFN3/c1-22-12-3-4-15(22)13(7-12)11-6-14(17(18)21-9-11)10-2-5-16(19)20-8-10/h2,5-6,8-9,12-13,15H,3-4,7H2,1H3/t12-,13+,15+/m0/s1. The van der Waals surface area contributed by atoms with E-state index in [-0.39, 0.29) is 0 Å². The first-order chi connectivity index (χ1) is 10.6. The molecule has 22 heavy (non-hydrogen) atoms. The first-order valence-corrected chi connectivity index (χ1v) is 8.00. The third-order valence-corrected chi connectivity index (χ3v) is 5.51. The van der Waals surface area contributed by atoms with E-state index in [4.69, 9.17) is 11.6 Å². The number of halogens is 2. The van der Waals surface area contributed by atoms with E-state index in [9.17, 15) is 4.39 Å². The molecule has 2 aromatic rings. The van der Waals surface area contributed by atoms with E-state index in [0.717, 1.165) is 11.1 Å². The van der Waals surface area contributed by atoms with Gasteiger partial charge in [-0.15, -0.1) is 0 Å². The zero-order chi connectivity index (χ0) is 15.3. The van der Waals surface area contributed by atoms with Crippen LogP contribution in [0.4, 0.5) is 4.39 Å². The summed E-state index contributed by atoms with van der Waals surface area (Å²) in [5.74, 6) is 0.0272. The van der Waals surface area contributed by atoms with Crippen LogP contribution < -0.4 is 0 Å². The van der Waals surface area contributed by atoms with E-state index in [1.54, 1.807) is 6.07 Å². The molecule has 0 aliphatic carbocycles. The minimum absolute atomic E-state index is 0.439. The summed E-state index contributed by atoms with van der Waals surface area (Å²) >= 11 is 6.24. The van der Waals surface area contributed by atoms with E-state index < -0.39 is 5.95 Å².